The van der Waals surface area contributed by atoms with Crippen LogP contribution in [0.1, 0.15) is 12.5 Å². The van der Waals surface area contributed by atoms with Gasteiger partial charge >= 0.3 is 0 Å². The molecule has 78 valence electrons. The van der Waals surface area contributed by atoms with Crippen molar-refractivity contribution in [2.45, 2.75) is 13.8 Å². The van der Waals surface area contributed by atoms with Crippen molar-refractivity contribution in [2.24, 2.45) is 11.7 Å². The van der Waals surface area contributed by atoms with E-state index in [4.69, 9.17) is 5.73 Å². The summed E-state index contributed by atoms with van der Waals surface area (Å²) in [4.78, 5) is 4.29. The van der Waals surface area contributed by atoms with Crippen LogP contribution in [0, 0.1) is 12.8 Å². The van der Waals surface area contributed by atoms with Crippen LogP contribution in [0.5, 0.6) is 0 Å². The first-order chi connectivity index (χ1) is 6.63. The van der Waals surface area contributed by atoms with Gasteiger partial charge in [0, 0.05) is 12.7 Å². The Bertz CT molecular complexity index is 301. The van der Waals surface area contributed by atoms with Gasteiger partial charge in [-0.15, -0.1) is 0 Å². The van der Waals surface area contributed by atoms with Gasteiger partial charge in [0.15, 0.2) is 0 Å². The highest BCUT2D eigenvalue weighted by Gasteiger charge is 2.03. The highest BCUT2D eigenvalue weighted by molar-refractivity contribution is 9.10. The predicted octanol–water partition coefficient (Wildman–Crippen LogP) is 2.16. The van der Waals surface area contributed by atoms with E-state index in [0.717, 1.165) is 22.4 Å². The van der Waals surface area contributed by atoms with E-state index in [-0.39, 0.29) is 0 Å². The third-order valence-corrected chi connectivity index (χ3v) is 2.60. The molecular weight excluding hydrogens is 242 g/mol. The Labute approximate surface area is 93.2 Å². The van der Waals surface area contributed by atoms with Crippen LogP contribution in [0.25, 0.3) is 0 Å². The van der Waals surface area contributed by atoms with Gasteiger partial charge in [-0.3, -0.25) is 0 Å². The minimum atomic E-state index is 0.463. The normalized spacial score (nSPS) is 12.6. The standard InChI is InChI=1S/C10H16BrN3/c1-7-3-9(11)10(13-5-7)14-6-8(2)4-12/h3,5,8H,4,6,12H2,1-2H3,(H,13,14). The third-order valence-electron chi connectivity index (χ3n) is 2.00. The smallest absolute Gasteiger partial charge is 0.140 e. The van der Waals surface area contributed by atoms with Crippen LogP contribution in [0.2, 0.25) is 0 Å². The molecule has 0 aliphatic heterocycles. The molecule has 0 aromatic carbocycles. The molecule has 14 heavy (non-hydrogen) atoms. The van der Waals surface area contributed by atoms with Crippen LogP contribution in [0.3, 0.4) is 0 Å². The number of nitrogens with zero attached hydrogens (tertiary/aromatic N) is 1. The predicted molar refractivity (Wildman–Crippen MR) is 63.4 cm³/mol. The summed E-state index contributed by atoms with van der Waals surface area (Å²) in [6.07, 6.45) is 1.85. The van der Waals surface area contributed by atoms with E-state index >= 15 is 0 Å². The lowest BCUT2D eigenvalue weighted by atomic mass is 10.2. The number of nitrogens with two attached hydrogens (primary N) is 1. The van der Waals surface area contributed by atoms with Crippen molar-refractivity contribution < 1.29 is 0 Å². The minimum absolute atomic E-state index is 0.463. The molecule has 0 bridgehead atoms. The number of nitrogens with one attached hydrogen (secondary N) is 1. The molecule has 0 saturated heterocycles. The molecule has 0 amide bonds. The summed E-state index contributed by atoms with van der Waals surface area (Å²) >= 11 is 3.46. The molecule has 0 saturated carbocycles. The van der Waals surface area contributed by atoms with Gasteiger partial charge < -0.3 is 11.1 Å². The molecule has 0 spiro atoms. The second kappa shape index (κ2) is 5.32. The Morgan fingerprint density at radius 2 is 2.36 bits per heavy atom. The largest absolute Gasteiger partial charge is 0.369 e. The molecule has 1 rings (SSSR count). The van der Waals surface area contributed by atoms with E-state index in [1.165, 1.54) is 0 Å². The Morgan fingerprint density at radius 3 is 2.93 bits per heavy atom. The second-order valence-corrected chi connectivity index (χ2v) is 4.42. The molecule has 3 nitrogen and oxygen atoms in total. The lowest BCUT2D eigenvalue weighted by molar-refractivity contribution is 0.626. The van der Waals surface area contributed by atoms with E-state index in [2.05, 4.69) is 33.2 Å². The van der Waals surface area contributed by atoms with Crippen molar-refractivity contribution in [3.63, 3.8) is 0 Å². The molecule has 0 fully saturated rings. The van der Waals surface area contributed by atoms with E-state index in [1.54, 1.807) is 0 Å². The summed E-state index contributed by atoms with van der Waals surface area (Å²) in [6, 6.07) is 2.04. The second-order valence-electron chi connectivity index (χ2n) is 3.56. The van der Waals surface area contributed by atoms with Crippen LogP contribution in [-0.4, -0.2) is 18.1 Å². The SMILES string of the molecule is Cc1cnc(NCC(C)CN)c(Br)c1. The van der Waals surface area contributed by atoms with Crippen LogP contribution in [0.4, 0.5) is 5.82 Å². The fraction of sp³-hybridized carbons (Fsp3) is 0.500. The van der Waals surface area contributed by atoms with E-state index < -0.39 is 0 Å². The monoisotopic (exact) mass is 257 g/mol. The van der Waals surface area contributed by atoms with Crippen molar-refractivity contribution in [3.05, 3.63) is 22.3 Å². The average Bonchev–Trinajstić information content (AvgIpc) is 2.16. The van der Waals surface area contributed by atoms with Gasteiger partial charge in [-0.05, 0) is 46.9 Å². The Morgan fingerprint density at radius 1 is 1.64 bits per heavy atom. The highest BCUT2D eigenvalue weighted by Crippen LogP contribution is 2.20. The maximum absolute atomic E-state index is 5.53. The summed E-state index contributed by atoms with van der Waals surface area (Å²) in [7, 11) is 0. The van der Waals surface area contributed by atoms with Gasteiger partial charge in [-0.25, -0.2) is 4.98 Å². The summed E-state index contributed by atoms with van der Waals surface area (Å²) in [5.74, 6) is 1.35. The van der Waals surface area contributed by atoms with Gasteiger partial charge in [0.1, 0.15) is 5.82 Å². The summed E-state index contributed by atoms with van der Waals surface area (Å²) in [5.41, 5.74) is 6.67. The lowest BCUT2D eigenvalue weighted by Crippen LogP contribution is -2.20. The number of halogens is 1. The van der Waals surface area contributed by atoms with Gasteiger partial charge in [0.05, 0.1) is 4.47 Å². The van der Waals surface area contributed by atoms with Gasteiger partial charge in [0.2, 0.25) is 0 Å². The number of hydrogen-bond acceptors (Lipinski definition) is 3. The fourth-order valence-corrected chi connectivity index (χ4v) is 1.62. The number of rotatable bonds is 4. The molecule has 1 atom stereocenters. The van der Waals surface area contributed by atoms with Crippen LogP contribution < -0.4 is 11.1 Å². The molecule has 1 aromatic heterocycles. The lowest BCUT2D eigenvalue weighted by Gasteiger charge is -2.11. The summed E-state index contributed by atoms with van der Waals surface area (Å²) in [6.45, 7) is 5.67. The van der Waals surface area contributed by atoms with E-state index in [1.807, 2.05) is 19.2 Å². The van der Waals surface area contributed by atoms with Gasteiger partial charge in [0.25, 0.3) is 0 Å². The molecule has 1 aromatic rings. The maximum atomic E-state index is 5.53. The molecule has 0 aliphatic carbocycles. The summed E-state index contributed by atoms with van der Waals surface area (Å²) < 4.78 is 1.00. The van der Waals surface area contributed by atoms with Crippen molar-refractivity contribution in [2.75, 3.05) is 18.4 Å². The van der Waals surface area contributed by atoms with E-state index in [9.17, 15) is 0 Å². The molecular formula is C10H16BrN3. The first kappa shape index (κ1) is 11.5. The van der Waals surface area contributed by atoms with Crippen molar-refractivity contribution in [1.29, 1.82) is 0 Å². The Balaban J connectivity index is 2.59. The van der Waals surface area contributed by atoms with Gasteiger partial charge in [-0.2, -0.15) is 0 Å². The topological polar surface area (TPSA) is 50.9 Å². The molecule has 4 heteroatoms. The Hall–Kier alpha value is -0.610. The van der Waals surface area contributed by atoms with Crippen molar-refractivity contribution >= 4 is 21.7 Å². The maximum Gasteiger partial charge on any atom is 0.140 e. The quantitative estimate of drug-likeness (QED) is 0.870. The van der Waals surface area contributed by atoms with Crippen LogP contribution in [-0.2, 0) is 0 Å². The van der Waals surface area contributed by atoms with Crippen LogP contribution >= 0.6 is 15.9 Å². The molecule has 1 heterocycles. The third kappa shape index (κ3) is 3.27. The zero-order valence-electron chi connectivity index (χ0n) is 8.55. The number of aromatic nitrogens is 1. The zero-order valence-corrected chi connectivity index (χ0v) is 10.1. The van der Waals surface area contributed by atoms with Gasteiger partial charge in [-0.1, -0.05) is 6.92 Å². The number of hydrogen-bond donors (Lipinski definition) is 2. The molecule has 1 unspecified atom stereocenters. The minimum Gasteiger partial charge on any atom is -0.369 e. The fourth-order valence-electron chi connectivity index (χ4n) is 1.02. The Kier molecular flexibility index (Phi) is 4.35. The molecule has 0 aliphatic rings. The first-order valence-corrected chi connectivity index (χ1v) is 5.49. The first-order valence-electron chi connectivity index (χ1n) is 4.69. The van der Waals surface area contributed by atoms with Crippen LogP contribution in [0.15, 0.2) is 16.7 Å². The number of anilines is 1. The average molecular weight is 258 g/mol. The van der Waals surface area contributed by atoms with Crippen molar-refractivity contribution in [3.8, 4) is 0 Å². The summed E-state index contributed by atoms with van der Waals surface area (Å²) in [5, 5.41) is 3.25. The zero-order chi connectivity index (χ0) is 10.6. The molecule has 3 N–H and O–H groups in total. The number of aryl methyl sites for hydroxylation is 1. The van der Waals surface area contributed by atoms with E-state index in [0.29, 0.717) is 12.5 Å². The highest BCUT2D eigenvalue weighted by atomic mass is 79.9. The number of pyridine rings is 1. The molecule has 0 radical (unpaired) electrons. The van der Waals surface area contributed by atoms with Crippen molar-refractivity contribution in [1.82, 2.24) is 4.98 Å².